The van der Waals surface area contributed by atoms with Crippen molar-refractivity contribution in [1.82, 2.24) is 20.4 Å². The van der Waals surface area contributed by atoms with E-state index in [0.29, 0.717) is 44.7 Å². The van der Waals surface area contributed by atoms with E-state index in [-0.39, 0.29) is 35.4 Å². The fourth-order valence-corrected chi connectivity index (χ4v) is 3.97. The van der Waals surface area contributed by atoms with Gasteiger partial charge < -0.3 is 19.5 Å². The number of morpholine rings is 1. The first-order valence-electron chi connectivity index (χ1n) is 11.8. The fraction of sp³-hybridized carbons (Fsp3) is 0.560. The molecular formula is C25H34N4O5. The van der Waals surface area contributed by atoms with Crippen LogP contribution in [-0.2, 0) is 14.3 Å². The van der Waals surface area contributed by atoms with Crippen molar-refractivity contribution in [2.75, 3.05) is 26.3 Å². The molecule has 0 spiro atoms. The number of carbonyl (C=O) groups excluding carboxylic acids is 3. The Labute approximate surface area is 200 Å². The Morgan fingerprint density at radius 1 is 1.12 bits per heavy atom. The summed E-state index contributed by atoms with van der Waals surface area (Å²) < 4.78 is 10.6. The van der Waals surface area contributed by atoms with Gasteiger partial charge >= 0.3 is 0 Å². The molecule has 0 unspecified atom stereocenters. The standard InChI is InChI=1S/C25H34N4O5/c1-5-19(21(31)22-27-24(34-28-22)17-9-7-6-8-10-17)26-23(32)18(16-25(2,3)4)15-20(30)29-11-13-33-14-12-29/h6-10,18-19H,5,11-16H2,1-4H3,(H,26,32)/t18-,19-/m0/s1. The van der Waals surface area contributed by atoms with Gasteiger partial charge in [-0.2, -0.15) is 4.98 Å². The van der Waals surface area contributed by atoms with Crippen LogP contribution in [0.3, 0.4) is 0 Å². The quantitative estimate of drug-likeness (QED) is 0.560. The number of nitrogens with one attached hydrogen (secondary N) is 1. The highest BCUT2D eigenvalue weighted by atomic mass is 16.5. The maximum atomic E-state index is 13.2. The summed E-state index contributed by atoms with van der Waals surface area (Å²) in [6.07, 6.45) is 0.966. The van der Waals surface area contributed by atoms with Crippen LogP contribution in [0.2, 0.25) is 0 Å². The molecule has 1 aromatic carbocycles. The third kappa shape index (κ3) is 6.96. The molecule has 34 heavy (non-hydrogen) atoms. The molecule has 3 rings (SSSR count). The predicted molar refractivity (Wildman–Crippen MR) is 126 cm³/mol. The van der Waals surface area contributed by atoms with Crippen LogP contribution in [0.25, 0.3) is 11.5 Å². The molecule has 9 nitrogen and oxygen atoms in total. The van der Waals surface area contributed by atoms with Gasteiger partial charge in [0, 0.05) is 31.0 Å². The smallest absolute Gasteiger partial charge is 0.258 e. The maximum absolute atomic E-state index is 13.2. The van der Waals surface area contributed by atoms with Crippen LogP contribution in [0.5, 0.6) is 0 Å². The van der Waals surface area contributed by atoms with Gasteiger partial charge in [0.1, 0.15) is 0 Å². The third-order valence-corrected chi connectivity index (χ3v) is 5.72. The molecule has 2 amide bonds. The molecule has 184 valence electrons. The molecule has 1 aromatic heterocycles. The topological polar surface area (TPSA) is 115 Å². The van der Waals surface area contributed by atoms with E-state index in [1.165, 1.54) is 0 Å². The molecule has 0 saturated carbocycles. The van der Waals surface area contributed by atoms with Crippen molar-refractivity contribution in [3.8, 4) is 11.5 Å². The van der Waals surface area contributed by atoms with Gasteiger partial charge in [0.05, 0.1) is 19.3 Å². The summed E-state index contributed by atoms with van der Waals surface area (Å²) in [4.78, 5) is 45.1. The Morgan fingerprint density at radius 2 is 1.79 bits per heavy atom. The minimum absolute atomic E-state index is 0.0715. The van der Waals surface area contributed by atoms with E-state index in [9.17, 15) is 14.4 Å². The number of amides is 2. The molecule has 2 aromatic rings. The second-order valence-electron chi connectivity index (χ2n) is 9.78. The lowest BCUT2D eigenvalue weighted by atomic mass is 9.82. The highest BCUT2D eigenvalue weighted by Gasteiger charge is 2.33. The molecule has 9 heteroatoms. The zero-order chi connectivity index (χ0) is 24.7. The van der Waals surface area contributed by atoms with E-state index >= 15 is 0 Å². The lowest BCUT2D eigenvalue weighted by molar-refractivity contribution is -0.140. The van der Waals surface area contributed by atoms with E-state index in [4.69, 9.17) is 9.26 Å². The largest absolute Gasteiger partial charge is 0.378 e. The van der Waals surface area contributed by atoms with Gasteiger partial charge in [0.15, 0.2) is 0 Å². The molecule has 0 bridgehead atoms. The van der Waals surface area contributed by atoms with Crippen molar-refractivity contribution in [2.24, 2.45) is 11.3 Å². The number of ether oxygens (including phenoxy) is 1. The van der Waals surface area contributed by atoms with E-state index in [0.717, 1.165) is 0 Å². The molecule has 1 N–H and O–H groups in total. The van der Waals surface area contributed by atoms with Crippen LogP contribution >= 0.6 is 0 Å². The van der Waals surface area contributed by atoms with Gasteiger partial charge in [-0.05, 0) is 30.4 Å². The summed E-state index contributed by atoms with van der Waals surface area (Å²) in [5.74, 6) is -1.20. The Kier molecular flexibility index (Phi) is 8.55. The molecular weight excluding hydrogens is 436 g/mol. The van der Waals surface area contributed by atoms with E-state index in [2.05, 4.69) is 15.5 Å². The van der Waals surface area contributed by atoms with Gasteiger partial charge in [-0.15, -0.1) is 0 Å². The second kappa shape index (κ2) is 11.4. The van der Waals surface area contributed by atoms with Crippen LogP contribution in [-0.4, -0.2) is 65.0 Å². The Morgan fingerprint density at radius 3 is 2.41 bits per heavy atom. The van der Waals surface area contributed by atoms with Gasteiger partial charge in [0.2, 0.25) is 23.4 Å². The van der Waals surface area contributed by atoms with Crippen molar-refractivity contribution in [3.05, 3.63) is 36.2 Å². The highest BCUT2D eigenvalue weighted by molar-refractivity contribution is 5.99. The molecule has 1 aliphatic heterocycles. The zero-order valence-electron chi connectivity index (χ0n) is 20.4. The van der Waals surface area contributed by atoms with E-state index in [1.54, 1.807) is 11.8 Å². The lowest BCUT2D eigenvalue weighted by Crippen LogP contribution is -2.47. The first-order chi connectivity index (χ1) is 16.2. The SMILES string of the molecule is CC[C@H](NC(=O)[C@@H](CC(=O)N1CCOCC1)CC(C)(C)C)C(=O)c1noc(-c2ccccc2)n1. The minimum Gasteiger partial charge on any atom is -0.378 e. The monoisotopic (exact) mass is 470 g/mol. The molecule has 1 saturated heterocycles. The van der Waals surface area contributed by atoms with Gasteiger partial charge in [-0.25, -0.2) is 0 Å². The second-order valence-corrected chi connectivity index (χ2v) is 9.78. The number of rotatable bonds is 9. The van der Waals surface area contributed by atoms with Crippen molar-refractivity contribution in [2.45, 2.75) is 53.0 Å². The minimum atomic E-state index is -0.810. The summed E-state index contributed by atoms with van der Waals surface area (Å²) in [6, 6.07) is 8.35. The summed E-state index contributed by atoms with van der Waals surface area (Å²) in [6.45, 7) is 9.95. The molecule has 2 atom stereocenters. The lowest BCUT2D eigenvalue weighted by Gasteiger charge is -2.30. The fourth-order valence-electron chi connectivity index (χ4n) is 3.97. The summed E-state index contributed by atoms with van der Waals surface area (Å²) in [5.41, 5.74) is 0.537. The van der Waals surface area contributed by atoms with Crippen molar-refractivity contribution in [3.63, 3.8) is 0 Å². The average Bonchev–Trinajstić information content (AvgIpc) is 3.32. The Bertz CT molecular complexity index is 977. The summed E-state index contributed by atoms with van der Waals surface area (Å²) in [5, 5.41) is 6.66. The summed E-state index contributed by atoms with van der Waals surface area (Å²) in [7, 11) is 0. The van der Waals surface area contributed by atoms with Crippen molar-refractivity contribution >= 4 is 17.6 Å². The van der Waals surface area contributed by atoms with Gasteiger partial charge in [0.25, 0.3) is 5.89 Å². The zero-order valence-corrected chi connectivity index (χ0v) is 20.4. The molecule has 1 fully saturated rings. The molecule has 0 aliphatic carbocycles. The summed E-state index contributed by atoms with van der Waals surface area (Å²) >= 11 is 0. The van der Waals surface area contributed by atoms with Gasteiger partial charge in [-0.1, -0.05) is 51.1 Å². The number of carbonyl (C=O) groups is 3. The van der Waals surface area contributed by atoms with E-state index in [1.807, 2.05) is 51.1 Å². The Hall–Kier alpha value is -3.07. The van der Waals surface area contributed by atoms with Crippen molar-refractivity contribution < 1.29 is 23.6 Å². The first-order valence-corrected chi connectivity index (χ1v) is 11.8. The number of Topliss-reactive ketones (excluding diaryl/α,β-unsaturated/α-hetero) is 1. The molecule has 2 heterocycles. The number of aromatic nitrogens is 2. The van der Waals surface area contributed by atoms with Crippen LogP contribution in [0, 0.1) is 11.3 Å². The van der Waals surface area contributed by atoms with Crippen LogP contribution in [0.1, 0.15) is 57.6 Å². The average molecular weight is 471 g/mol. The number of benzene rings is 1. The first kappa shape index (κ1) is 25.6. The van der Waals surface area contributed by atoms with Crippen LogP contribution < -0.4 is 5.32 Å². The number of hydrogen-bond donors (Lipinski definition) is 1. The number of nitrogens with zero attached hydrogens (tertiary/aromatic N) is 3. The van der Waals surface area contributed by atoms with Crippen LogP contribution in [0.4, 0.5) is 0 Å². The molecule has 0 radical (unpaired) electrons. The number of ketones is 1. The molecule has 1 aliphatic rings. The van der Waals surface area contributed by atoms with Gasteiger partial charge in [-0.3, -0.25) is 14.4 Å². The maximum Gasteiger partial charge on any atom is 0.258 e. The third-order valence-electron chi connectivity index (χ3n) is 5.72. The normalized spacial score (nSPS) is 16.1. The Balaban J connectivity index is 1.69. The van der Waals surface area contributed by atoms with Crippen LogP contribution in [0.15, 0.2) is 34.9 Å². The van der Waals surface area contributed by atoms with E-state index < -0.39 is 17.7 Å². The van der Waals surface area contributed by atoms with Crippen molar-refractivity contribution in [1.29, 1.82) is 0 Å². The highest BCUT2D eigenvalue weighted by Crippen LogP contribution is 2.27. The predicted octanol–water partition coefficient (Wildman–Crippen LogP) is 3.12. The number of hydrogen-bond acceptors (Lipinski definition) is 7.